The van der Waals surface area contributed by atoms with Crippen LogP contribution in [0.1, 0.15) is 18.6 Å². The Hall–Kier alpha value is -1.73. The van der Waals surface area contributed by atoms with E-state index in [0.29, 0.717) is 17.5 Å². The van der Waals surface area contributed by atoms with Crippen LogP contribution in [0.25, 0.3) is 11.4 Å². The normalized spacial score (nSPS) is 10.8. The number of thioether (sulfide) groups is 1. The fourth-order valence-electron chi connectivity index (χ4n) is 1.58. The summed E-state index contributed by atoms with van der Waals surface area (Å²) in [7, 11) is 0. The predicted octanol–water partition coefficient (Wildman–Crippen LogP) is 3.44. The molecule has 3 aromatic rings. The first kappa shape index (κ1) is 13.3. The summed E-state index contributed by atoms with van der Waals surface area (Å²) in [6, 6.07) is 9.78. The monoisotopic (exact) mass is 304 g/mol. The van der Waals surface area contributed by atoms with E-state index in [1.165, 1.54) is 11.5 Å². The van der Waals surface area contributed by atoms with Crippen LogP contribution in [-0.2, 0) is 12.2 Å². The van der Waals surface area contributed by atoms with Crippen molar-refractivity contribution in [1.82, 2.24) is 19.5 Å². The smallest absolute Gasteiger partial charge is 0.237 e. The molecule has 0 atom stereocenters. The van der Waals surface area contributed by atoms with Crippen molar-refractivity contribution < 1.29 is 4.52 Å². The van der Waals surface area contributed by atoms with Crippen molar-refractivity contribution in [3.05, 3.63) is 42.0 Å². The van der Waals surface area contributed by atoms with Gasteiger partial charge >= 0.3 is 0 Å². The van der Waals surface area contributed by atoms with Crippen LogP contribution in [0.5, 0.6) is 0 Å². The van der Waals surface area contributed by atoms with Gasteiger partial charge in [0.05, 0.1) is 5.75 Å². The van der Waals surface area contributed by atoms with Gasteiger partial charge in [-0.15, -0.1) is 0 Å². The van der Waals surface area contributed by atoms with E-state index in [4.69, 9.17) is 4.52 Å². The highest BCUT2D eigenvalue weighted by atomic mass is 32.2. The molecule has 2 heterocycles. The molecule has 7 heteroatoms. The maximum atomic E-state index is 5.25. The largest absolute Gasteiger partial charge is 0.338 e. The van der Waals surface area contributed by atoms with Crippen LogP contribution < -0.4 is 0 Å². The zero-order valence-corrected chi connectivity index (χ0v) is 12.4. The number of rotatable bonds is 5. The van der Waals surface area contributed by atoms with Crippen molar-refractivity contribution in [2.45, 2.75) is 23.4 Å². The van der Waals surface area contributed by atoms with E-state index in [2.05, 4.69) is 19.5 Å². The van der Waals surface area contributed by atoms with Gasteiger partial charge in [-0.3, -0.25) is 0 Å². The number of aromatic nitrogens is 4. The lowest BCUT2D eigenvalue weighted by Crippen LogP contribution is -1.83. The van der Waals surface area contributed by atoms with E-state index in [0.717, 1.165) is 22.1 Å². The Balaban J connectivity index is 1.65. The second-order valence-electron chi connectivity index (χ2n) is 4.00. The minimum atomic E-state index is 0.599. The lowest BCUT2D eigenvalue weighted by atomic mass is 10.2. The van der Waals surface area contributed by atoms with E-state index in [1.807, 2.05) is 37.3 Å². The molecule has 0 N–H and O–H groups in total. The molecule has 0 aliphatic heterocycles. The first-order valence-electron chi connectivity index (χ1n) is 6.18. The minimum absolute atomic E-state index is 0.599. The van der Waals surface area contributed by atoms with Crippen LogP contribution in [0, 0.1) is 0 Å². The summed E-state index contributed by atoms with van der Waals surface area (Å²) in [5.74, 6) is 2.71. The average Bonchev–Trinajstić information content (AvgIpc) is 3.15. The Kier molecular flexibility index (Phi) is 4.08. The number of hydrogen-bond acceptors (Lipinski definition) is 7. The van der Waals surface area contributed by atoms with Crippen molar-refractivity contribution in [2.75, 3.05) is 0 Å². The van der Waals surface area contributed by atoms with Crippen molar-refractivity contribution in [2.24, 2.45) is 0 Å². The summed E-state index contributed by atoms with van der Waals surface area (Å²) in [6.45, 7) is 2.04. The third-order valence-electron chi connectivity index (χ3n) is 2.58. The van der Waals surface area contributed by atoms with Gasteiger partial charge < -0.3 is 4.52 Å². The quantitative estimate of drug-likeness (QED) is 0.673. The molecule has 3 rings (SSSR count). The molecule has 0 aliphatic rings. The van der Waals surface area contributed by atoms with Gasteiger partial charge in [-0.05, 0) is 11.5 Å². The Labute approximate surface area is 124 Å². The number of hydrogen-bond donors (Lipinski definition) is 0. The SMILES string of the molecule is CCc1nsc(SCc2nc(-c3ccccc3)no2)n1. The second-order valence-corrected chi connectivity index (χ2v) is 5.97. The molecule has 0 saturated carbocycles. The fraction of sp³-hybridized carbons (Fsp3) is 0.231. The van der Waals surface area contributed by atoms with Crippen LogP contribution in [0.4, 0.5) is 0 Å². The molecule has 0 aliphatic carbocycles. The molecule has 0 fully saturated rings. The molecule has 2 aromatic heterocycles. The topological polar surface area (TPSA) is 64.7 Å². The summed E-state index contributed by atoms with van der Waals surface area (Å²) in [5, 5.41) is 3.99. The molecule has 0 radical (unpaired) electrons. The van der Waals surface area contributed by atoms with Crippen LogP contribution in [-0.4, -0.2) is 19.5 Å². The lowest BCUT2D eigenvalue weighted by Gasteiger charge is -1.91. The maximum Gasteiger partial charge on any atom is 0.237 e. The lowest BCUT2D eigenvalue weighted by molar-refractivity contribution is 0.391. The van der Waals surface area contributed by atoms with Crippen LogP contribution in [0.15, 0.2) is 39.2 Å². The van der Waals surface area contributed by atoms with Crippen LogP contribution >= 0.6 is 23.3 Å². The highest BCUT2D eigenvalue weighted by molar-refractivity contribution is 8.00. The molecule has 1 aromatic carbocycles. The highest BCUT2D eigenvalue weighted by Crippen LogP contribution is 2.25. The first-order valence-corrected chi connectivity index (χ1v) is 7.94. The van der Waals surface area contributed by atoms with Gasteiger partial charge in [0.2, 0.25) is 11.7 Å². The van der Waals surface area contributed by atoms with E-state index < -0.39 is 0 Å². The van der Waals surface area contributed by atoms with Gasteiger partial charge in [0, 0.05) is 12.0 Å². The third kappa shape index (κ3) is 3.05. The fourth-order valence-corrected chi connectivity index (χ4v) is 3.11. The van der Waals surface area contributed by atoms with E-state index in [-0.39, 0.29) is 0 Å². The maximum absolute atomic E-state index is 5.25. The molecule has 0 amide bonds. The zero-order chi connectivity index (χ0) is 13.8. The summed E-state index contributed by atoms with van der Waals surface area (Å²) in [6.07, 6.45) is 0.857. The predicted molar refractivity (Wildman–Crippen MR) is 78.6 cm³/mol. The van der Waals surface area contributed by atoms with Crippen molar-refractivity contribution in [3.63, 3.8) is 0 Å². The summed E-state index contributed by atoms with van der Waals surface area (Å²) < 4.78 is 10.4. The summed E-state index contributed by atoms with van der Waals surface area (Å²) in [4.78, 5) is 8.77. The molecule has 0 unspecified atom stereocenters. The van der Waals surface area contributed by atoms with Crippen molar-refractivity contribution >= 4 is 23.3 Å². The highest BCUT2D eigenvalue weighted by Gasteiger charge is 2.10. The van der Waals surface area contributed by atoms with E-state index in [1.54, 1.807) is 11.8 Å². The summed E-state index contributed by atoms with van der Waals surface area (Å²) >= 11 is 2.98. The Bertz CT molecular complexity index is 681. The summed E-state index contributed by atoms with van der Waals surface area (Å²) in [5.41, 5.74) is 0.955. The third-order valence-corrected chi connectivity index (χ3v) is 4.44. The van der Waals surface area contributed by atoms with Gasteiger partial charge in [-0.25, -0.2) is 4.98 Å². The average molecular weight is 304 g/mol. The first-order chi connectivity index (χ1) is 9.85. The van der Waals surface area contributed by atoms with Crippen molar-refractivity contribution in [1.29, 1.82) is 0 Å². The van der Waals surface area contributed by atoms with Crippen LogP contribution in [0.3, 0.4) is 0 Å². The Morgan fingerprint density at radius 1 is 1.20 bits per heavy atom. The van der Waals surface area contributed by atoms with Gasteiger partial charge in [0.1, 0.15) is 5.82 Å². The van der Waals surface area contributed by atoms with Gasteiger partial charge in [0.25, 0.3) is 0 Å². The number of benzene rings is 1. The van der Waals surface area contributed by atoms with Gasteiger partial charge in [-0.1, -0.05) is 54.2 Å². The Morgan fingerprint density at radius 3 is 2.80 bits per heavy atom. The molecule has 102 valence electrons. The van der Waals surface area contributed by atoms with Crippen LogP contribution in [0.2, 0.25) is 0 Å². The Morgan fingerprint density at radius 2 is 2.05 bits per heavy atom. The second kappa shape index (κ2) is 6.15. The zero-order valence-electron chi connectivity index (χ0n) is 10.8. The molecular formula is C13H12N4OS2. The van der Waals surface area contributed by atoms with Gasteiger partial charge in [0.15, 0.2) is 4.34 Å². The molecule has 5 nitrogen and oxygen atoms in total. The van der Waals surface area contributed by atoms with E-state index >= 15 is 0 Å². The number of aryl methyl sites for hydroxylation is 1. The minimum Gasteiger partial charge on any atom is -0.338 e. The number of nitrogens with zero attached hydrogens (tertiary/aromatic N) is 4. The van der Waals surface area contributed by atoms with Crippen molar-refractivity contribution in [3.8, 4) is 11.4 Å². The molecular weight excluding hydrogens is 292 g/mol. The molecule has 0 spiro atoms. The standard InChI is InChI=1S/C13H12N4OS2/c1-2-10-14-13(20-17-10)19-8-11-15-12(16-18-11)9-6-4-3-5-7-9/h3-7H,2,8H2,1H3. The van der Waals surface area contributed by atoms with Gasteiger partial charge in [-0.2, -0.15) is 9.36 Å². The van der Waals surface area contributed by atoms with E-state index in [9.17, 15) is 0 Å². The molecule has 0 saturated heterocycles. The molecule has 20 heavy (non-hydrogen) atoms. The molecule has 0 bridgehead atoms.